The number of aliphatic hydroxyl groups excluding tert-OH is 1. The van der Waals surface area contributed by atoms with Crippen molar-refractivity contribution in [3.8, 4) is 0 Å². The first-order valence-electron chi connectivity index (χ1n) is 13.9. The number of carbonyl (C=O) groups excluding carboxylic acids is 3. The fraction of sp³-hybridized carbons (Fsp3) is 0.531. The van der Waals surface area contributed by atoms with E-state index >= 15 is 0 Å². The molecule has 8 heteroatoms. The number of hydrogen-bond acceptors (Lipinski definition) is 5. The Morgan fingerprint density at radius 1 is 1.07 bits per heavy atom. The molecular formula is C32H48Cl2N2O4. The van der Waals surface area contributed by atoms with Crippen molar-refractivity contribution >= 4 is 42.7 Å². The first kappa shape index (κ1) is 37.8. The van der Waals surface area contributed by atoms with Crippen LogP contribution in [0.3, 0.4) is 0 Å². The van der Waals surface area contributed by atoms with Gasteiger partial charge in [0, 0.05) is 16.1 Å². The van der Waals surface area contributed by atoms with Gasteiger partial charge in [0.2, 0.25) is 5.91 Å². The monoisotopic (exact) mass is 594 g/mol. The summed E-state index contributed by atoms with van der Waals surface area (Å²) in [6.45, 7) is 13.3. The third-order valence-corrected chi connectivity index (χ3v) is 8.03. The lowest BCUT2D eigenvalue weighted by Gasteiger charge is -2.32. The van der Waals surface area contributed by atoms with Gasteiger partial charge in [0.15, 0.2) is 0 Å². The Morgan fingerprint density at radius 2 is 1.70 bits per heavy atom. The second-order valence-electron chi connectivity index (χ2n) is 10.2. The Kier molecular flexibility index (Phi) is 19.4. The molecule has 1 aliphatic heterocycles. The predicted molar refractivity (Wildman–Crippen MR) is 167 cm³/mol. The number of aryl methyl sites for hydroxylation is 1. The van der Waals surface area contributed by atoms with E-state index < -0.39 is 11.5 Å². The van der Waals surface area contributed by atoms with E-state index in [9.17, 15) is 9.90 Å². The Bertz CT molecular complexity index is 985. The lowest BCUT2D eigenvalue weighted by Crippen LogP contribution is -2.44. The van der Waals surface area contributed by atoms with Crippen molar-refractivity contribution in [2.24, 2.45) is 0 Å². The summed E-state index contributed by atoms with van der Waals surface area (Å²) in [5.41, 5.74) is 1.97. The first-order valence-corrected chi connectivity index (χ1v) is 14.6. The molecule has 40 heavy (non-hydrogen) atoms. The predicted octanol–water partition coefficient (Wildman–Crippen LogP) is 7.11. The number of carbonyl (C=O) groups is 3. The van der Waals surface area contributed by atoms with Crippen LogP contribution in [0.2, 0.25) is 10.0 Å². The molecule has 0 aromatic heterocycles. The van der Waals surface area contributed by atoms with Gasteiger partial charge in [-0.25, -0.2) is 0 Å². The molecule has 0 saturated carbocycles. The van der Waals surface area contributed by atoms with Gasteiger partial charge in [-0.3, -0.25) is 4.79 Å². The average Bonchev–Trinajstić information content (AvgIpc) is 2.97. The number of halogens is 2. The fourth-order valence-corrected chi connectivity index (χ4v) is 5.21. The van der Waals surface area contributed by atoms with E-state index in [-0.39, 0.29) is 12.5 Å². The summed E-state index contributed by atoms with van der Waals surface area (Å²) < 4.78 is 0. The summed E-state index contributed by atoms with van der Waals surface area (Å²) in [5, 5.41) is 14.1. The van der Waals surface area contributed by atoms with Crippen LogP contribution in [0.15, 0.2) is 42.5 Å². The highest BCUT2D eigenvalue weighted by molar-refractivity contribution is 6.31. The molecule has 2 unspecified atom stereocenters. The molecule has 0 spiro atoms. The van der Waals surface area contributed by atoms with Gasteiger partial charge in [-0.05, 0) is 88.0 Å². The molecule has 224 valence electrons. The number of nitrogens with one attached hydrogen (secondary N) is 1. The van der Waals surface area contributed by atoms with Gasteiger partial charge in [0.1, 0.15) is 13.6 Å². The number of hydrogen-bond donors (Lipinski definition) is 2. The minimum Gasteiger partial charge on any atom is -0.394 e. The zero-order valence-electron chi connectivity index (χ0n) is 24.8. The molecule has 2 N–H and O–H groups in total. The number of piperidine rings is 1. The largest absolute Gasteiger partial charge is 0.394 e. The number of amides is 1. The minimum absolute atomic E-state index is 0.116. The van der Waals surface area contributed by atoms with Crippen molar-refractivity contribution in [1.82, 2.24) is 10.2 Å². The molecule has 0 radical (unpaired) electrons. The molecule has 2 aromatic carbocycles. The molecule has 3 rings (SSSR count). The highest BCUT2D eigenvalue weighted by Crippen LogP contribution is 2.33. The maximum Gasteiger partial charge on any atom is 0.230 e. The molecule has 0 bridgehead atoms. The molecule has 1 fully saturated rings. The molecule has 1 heterocycles. The lowest BCUT2D eigenvalue weighted by molar-refractivity contribution is -0.127. The van der Waals surface area contributed by atoms with Crippen LogP contribution in [0, 0.1) is 6.92 Å². The summed E-state index contributed by atoms with van der Waals surface area (Å²) in [6, 6.07) is 13.2. The van der Waals surface area contributed by atoms with Gasteiger partial charge in [0.25, 0.3) is 0 Å². The van der Waals surface area contributed by atoms with Gasteiger partial charge in [-0.2, -0.15) is 0 Å². The van der Waals surface area contributed by atoms with Crippen LogP contribution < -0.4 is 5.32 Å². The van der Waals surface area contributed by atoms with E-state index in [0.29, 0.717) is 16.5 Å². The van der Waals surface area contributed by atoms with Gasteiger partial charge >= 0.3 is 0 Å². The summed E-state index contributed by atoms with van der Waals surface area (Å²) in [6.07, 6.45) is 8.59. The molecule has 1 amide bonds. The van der Waals surface area contributed by atoms with Gasteiger partial charge < -0.3 is 24.9 Å². The van der Waals surface area contributed by atoms with Crippen molar-refractivity contribution in [1.29, 1.82) is 0 Å². The third kappa shape index (κ3) is 11.7. The zero-order chi connectivity index (χ0) is 30.7. The number of rotatable bonds is 9. The number of likely N-dealkylation sites (tertiary alicyclic amines) is 1. The van der Waals surface area contributed by atoms with E-state index in [1.165, 1.54) is 38.6 Å². The van der Waals surface area contributed by atoms with Gasteiger partial charge in [-0.15, -0.1) is 0 Å². The fourth-order valence-electron chi connectivity index (χ4n) is 4.97. The van der Waals surface area contributed by atoms with Crippen molar-refractivity contribution < 1.29 is 19.5 Å². The summed E-state index contributed by atoms with van der Waals surface area (Å²) >= 11 is 12.1. The van der Waals surface area contributed by atoms with Crippen LogP contribution in [0.5, 0.6) is 0 Å². The average molecular weight is 596 g/mol. The Hall–Kier alpha value is -2.25. The summed E-state index contributed by atoms with van der Waals surface area (Å²) in [5.74, 6) is -0.116. The standard InChI is InChI=1S/C21H25Cl2NO2.C9H19N.2CH2O/c1-4-11-21(3,16-7-10-18(23)14(2)12-16)20(26)24-19(13-25)15-5-8-17(22)9-6-15;1-3-6-9-7-4-5-8-10(9)2;2*1-2/h5-10,12,19,25H,4,11,13H2,1-3H3,(H,24,26);9H,3-8H2,1-2H3;2*1H2/t19-,21?;;;/m0.../s1. The second kappa shape index (κ2) is 20.6. The number of aliphatic hydroxyl groups is 1. The Balaban J connectivity index is 0.000000903. The van der Waals surface area contributed by atoms with Crippen molar-refractivity contribution in [3.63, 3.8) is 0 Å². The van der Waals surface area contributed by atoms with Crippen LogP contribution in [0.25, 0.3) is 0 Å². The van der Waals surface area contributed by atoms with Crippen LogP contribution in [0.1, 0.15) is 88.4 Å². The van der Waals surface area contributed by atoms with Crippen molar-refractivity contribution in [2.45, 2.75) is 90.1 Å². The summed E-state index contributed by atoms with van der Waals surface area (Å²) in [7, 11) is 2.26. The number of benzene rings is 2. The molecule has 2 aromatic rings. The molecule has 6 nitrogen and oxygen atoms in total. The first-order chi connectivity index (χ1) is 19.2. The maximum atomic E-state index is 13.2. The summed E-state index contributed by atoms with van der Waals surface area (Å²) in [4.78, 5) is 31.7. The van der Waals surface area contributed by atoms with E-state index in [4.69, 9.17) is 32.8 Å². The minimum atomic E-state index is -0.704. The smallest absolute Gasteiger partial charge is 0.230 e. The van der Waals surface area contributed by atoms with Crippen LogP contribution >= 0.6 is 23.2 Å². The molecule has 0 aliphatic carbocycles. The Morgan fingerprint density at radius 3 is 2.20 bits per heavy atom. The normalized spacial score (nSPS) is 16.9. The van der Waals surface area contributed by atoms with E-state index in [1.807, 2.05) is 57.8 Å². The quantitative estimate of drug-likeness (QED) is 0.323. The Labute approximate surface area is 251 Å². The van der Waals surface area contributed by atoms with E-state index in [0.717, 1.165) is 29.2 Å². The van der Waals surface area contributed by atoms with Gasteiger partial charge in [0.05, 0.1) is 18.1 Å². The van der Waals surface area contributed by atoms with Crippen LogP contribution in [0.4, 0.5) is 0 Å². The highest BCUT2D eigenvalue weighted by Gasteiger charge is 2.35. The topological polar surface area (TPSA) is 86.7 Å². The molecule has 1 aliphatic rings. The maximum absolute atomic E-state index is 13.2. The van der Waals surface area contributed by atoms with Crippen LogP contribution in [-0.4, -0.2) is 55.7 Å². The van der Waals surface area contributed by atoms with Crippen LogP contribution in [-0.2, 0) is 19.8 Å². The zero-order valence-corrected chi connectivity index (χ0v) is 26.4. The lowest BCUT2D eigenvalue weighted by atomic mass is 9.77. The highest BCUT2D eigenvalue weighted by atomic mass is 35.5. The second-order valence-corrected chi connectivity index (χ2v) is 11.1. The van der Waals surface area contributed by atoms with Gasteiger partial charge in [-0.1, -0.05) is 80.6 Å². The van der Waals surface area contributed by atoms with Crippen molar-refractivity contribution in [3.05, 3.63) is 69.2 Å². The third-order valence-electron chi connectivity index (χ3n) is 7.35. The van der Waals surface area contributed by atoms with E-state index in [2.05, 4.69) is 31.1 Å². The number of nitrogens with zero attached hydrogens (tertiary/aromatic N) is 1. The molecule has 1 saturated heterocycles. The van der Waals surface area contributed by atoms with E-state index in [1.54, 1.807) is 12.1 Å². The SMILES string of the molecule is C=O.C=O.CCCC(C)(C(=O)N[C@@H](CO)c1ccc(Cl)cc1)c1ccc(Cl)c(C)c1.CCCC1CCCCN1C. The molecule has 3 atom stereocenters. The van der Waals surface area contributed by atoms with Crippen molar-refractivity contribution in [2.75, 3.05) is 20.2 Å². The molecular weight excluding hydrogens is 547 g/mol.